The van der Waals surface area contributed by atoms with E-state index in [1.165, 1.54) is 47.4 Å². The first kappa shape index (κ1) is 26.6. The van der Waals surface area contributed by atoms with E-state index in [0.717, 1.165) is 10.5 Å². The molecule has 1 atom stereocenters. The second-order valence-corrected chi connectivity index (χ2v) is 10.8. The lowest BCUT2D eigenvalue weighted by Gasteiger charge is -2.12. The Kier molecular flexibility index (Phi) is 8.45. The van der Waals surface area contributed by atoms with Crippen LogP contribution in [0.5, 0.6) is 0 Å². The number of nitro groups is 1. The minimum Gasteiger partial charge on any atom is -0.322 e. The van der Waals surface area contributed by atoms with E-state index in [1.807, 2.05) is 11.4 Å². The fourth-order valence-electron chi connectivity index (χ4n) is 3.20. The van der Waals surface area contributed by atoms with Crippen molar-refractivity contribution >= 4 is 74.6 Å². The Morgan fingerprint density at radius 1 is 1.03 bits per heavy atom. The summed E-state index contributed by atoms with van der Waals surface area (Å²) in [5.41, 5.74) is 1.97. The summed E-state index contributed by atoms with van der Waals surface area (Å²) in [6.07, 6.45) is 0. The SMILES string of the molecule is CC(Sc1cccc(NC(=O)c2cccc([N+](=O)[O-])c2)c1)C(=O)Nc1nc(-c2ccc(Cl)c(Cl)c2)cs1. The third-order valence-electron chi connectivity index (χ3n) is 5.04. The maximum absolute atomic E-state index is 12.8. The second kappa shape index (κ2) is 11.7. The molecule has 3 aromatic carbocycles. The molecule has 2 amide bonds. The van der Waals surface area contributed by atoms with Gasteiger partial charge in [-0.25, -0.2) is 4.98 Å². The van der Waals surface area contributed by atoms with Crippen molar-refractivity contribution in [3.05, 3.63) is 97.8 Å². The van der Waals surface area contributed by atoms with Gasteiger partial charge in [0.25, 0.3) is 11.6 Å². The molecule has 2 N–H and O–H groups in total. The first-order valence-corrected chi connectivity index (χ1v) is 13.3. The van der Waals surface area contributed by atoms with Crippen LogP contribution in [0.2, 0.25) is 10.0 Å². The van der Waals surface area contributed by atoms with E-state index in [9.17, 15) is 19.7 Å². The number of hydrogen-bond donors (Lipinski definition) is 2. The zero-order valence-corrected chi connectivity index (χ0v) is 22.3. The molecule has 4 aromatic rings. The number of non-ortho nitro benzene ring substituents is 1. The molecular formula is C25H18Cl2N4O4S2. The minimum atomic E-state index is -0.555. The molecule has 37 heavy (non-hydrogen) atoms. The molecule has 0 aliphatic rings. The van der Waals surface area contributed by atoms with Gasteiger partial charge in [0, 0.05) is 39.2 Å². The zero-order chi connectivity index (χ0) is 26.5. The Balaban J connectivity index is 1.37. The molecule has 0 fully saturated rings. The average Bonchev–Trinajstić information content (AvgIpc) is 3.34. The number of carbonyl (C=O) groups is 2. The van der Waals surface area contributed by atoms with Crippen molar-refractivity contribution in [2.24, 2.45) is 0 Å². The quantitative estimate of drug-likeness (QED) is 0.129. The van der Waals surface area contributed by atoms with Gasteiger partial charge in [-0.3, -0.25) is 19.7 Å². The summed E-state index contributed by atoms with van der Waals surface area (Å²) in [6, 6.07) is 17.7. The van der Waals surface area contributed by atoms with Crippen molar-refractivity contribution in [2.75, 3.05) is 10.6 Å². The molecule has 1 unspecified atom stereocenters. The van der Waals surface area contributed by atoms with Crippen molar-refractivity contribution in [1.82, 2.24) is 4.98 Å². The third kappa shape index (κ3) is 6.86. The summed E-state index contributed by atoms with van der Waals surface area (Å²) < 4.78 is 0. The number of thioether (sulfide) groups is 1. The van der Waals surface area contributed by atoms with Crippen molar-refractivity contribution in [3.63, 3.8) is 0 Å². The Bertz CT molecular complexity index is 1500. The number of anilines is 2. The number of nitrogens with one attached hydrogen (secondary N) is 2. The number of nitrogens with zero attached hydrogens (tertiary/aromatic N) is 2. The van der Waals surface area contributed by atoms with Crippen LogP contribution in [0.4, 0.5) is 16.5 Å². The number of rotatable bonds is 8. The highest BCUT2D eigenvalue weighted by atomic mass is 35.5. The Hall–Kier alpha value is -3.44. The van der Waals surface area contributed by atoms with Crippen LogP contribution < -0.4 is 10.6 Å². The number of aromatic nitrogens is 1. The molecule has 0 bridgehead atoms. The number of hydrogen-bond acceptors (Lipinski definition) is 7. The van der Waals surface area contributed by atoms with Crippen LogP contribution in [0, 0.1) is 10.1 Å². The number of amides is 2. The van der Waals surface area contributed by atoms with E-state index in [1.54, 1.807) is 43.3 Å². The molecule has 1 aromatic heterocycles. The topological polar surface area (TPSA) is 114 Å². The maximum atomic E-state index is 12.8. The van der Waals surface area contributed by atoms with Crippen LogP contribution in [-0.4, -0.2) is 27.0 Å². The molecule has 1 heterocycles. The zero-order valence-electron chi connectivity index (χ0n) is 19.1. The van der Waals surface area contributed by atoms with E-state index in [0.29, 0.717) is 26.6 Å². The van der Waals surface area contributed by atoms with E-state index >= 15 is 0 Å². The van der Waals surface area contributed by atoms with Crippen LogP contribution in [0.1, 0.15) is 17.3 Å². The van der Waals surface area contributed by atoms with Gasteiger partial charge in [-0.05, 0) is 43.3 Å². The Morgan fingerprint density at radius 2 is 1.81 bits per heavy atom. The molecule has 0 aliphatic heterocycles. The molecular weight excluding hydrogens is 555 g/mol. The monoisotopic (exact) mass is 572 g/mol. The standard InChI is InChI=1S/C25H18Cl2N4O4S2/c1-14(23(32)30-25-29-22(13-36-25)15-8-9-20(26)21(27)11-15)37-19-7-3-5-17(12-19)28-24(33)16-4-2-6-18(10-16)31(34)35/h2-14H,1H3,(H,28,33)(H,29,30,32). The summed E-state index contributed by atoms with van der Waals surface area (Å²) in [5, 5.41) is 19.2. The van der Waals surface area contributed by atoms with E-state index in [-0.39, 0.29) is 17.2 Å². The molecule has 0 radical (unpaired) electrons. The molecule has 8 nitrogen and oxygen atoms in total. The van der Waals surface area contributed by atoms with Gasteiger partial charge < -0.3 is 10.6 Å². The fraction of sp³-hybridized carbons (Fsp3) is 0.0800. The number of halogens is 2. The summed E-state index contributed by atoms with van der Waals surface area (Å²) in [6.45, 7) is 1.77. The van der Waals surface area contributed by atoms with E-state index in [2.05, 4.69) is 15.6 Å². The van der Waals surface area contributed by atoms with E-state index in [4.69, 9.17) is 23.2 Å². The van der Waals surface area contributed by atoms with Gasteiger partial charge in [0.15, 0.2) is 5.13 Å². The van der Waals surface area contributed by atoms with Crippen LogP contribution in [0.25, 0.3) is 11.3 Å². The van der Waals surface area contributed by atoms with Gasteiger partial charge >= 0.3 is 0 Å². The predicted molar refractivity (Wildman–Crippen MR) is 149 cm³/mol. The predicted octanol–water partition coefficient (Wildman–Crippen LogP) is 7.40. The first-order valence-electron chi connectivity index (χ1n) is 10.7. The van der Waals surface area contributed by atoms with Crippen molar-refractivity contribution in [1.29, 1.82) is 0 Å². The number of thiazole rings is 1. The first-order chi connectivity index (χ1) is 17.7. The highest BCUT2D eigenvalue weighted by Gasteiger charge is 2.18. The van der Waals surface area contributed by atoms with Crippen molar-refractivity contribution in [3.8, 4) is 11.3 Å². The molecule has 12 heteroatoms. The average molecular weight is 573 g/mol. The lowest BCUT2D eigenvalue weighted by Crippen LogP contribution is -2.22. The van der Waals surface area contributed by atoms with Crippen molar-refractivity contribution in [2.45, 2.75) is 17.1 Å². The van der Waals surface area contributed by atoms with Gasteiger partial charge in [0.05, 0.1) is 25.9 Å². The van der Waals surface area contributed by atoms with Crippen LogP contribution >= 0.6 is 46.3 Å². The van der Waals surface area contributed by atoms with Crippen molar-refractivity contribution < 1.29 is 14.5 Å². The second-order valence-electron chi connectivity index (χ2n) is 7.71. The van der Waals surface area contributed by atoms with Crippen LogP contribution in [0.15, 0.2) is 77.0 Å². The fourth-order valence-corrected chi connectivity index (χ4v) is 5.14. The van der Waals surface area contributed by atoms with Gasteiger partial charge in [-0.15, -0.1) is 23.1 Å². The number of benzene rings is 3. The van der Waals surface area contributed by atoms with Gasteiger partial charge in [-0.1, -0.05) is 41.4 Å². The van der Waals surface area contributed by atoms with Gasteiger partial charge in [0.2, 0.25) is 5.91 Å². The van der Waals surface area contributed by atoms with E-state index < -0.39 is 16.1 Å². The Labute approximate surface area is 230 Å². The third-order valence-corrected chi connectivity index (χ3v) is 7.63. The van der Waals surface area contributed by atoms with Gasteiger partial charge in [-0.2, -0.15) is 0 Å². The lowest BCUT2D eigenvalue weighted by molar-refractivity contribution is -0.384. The smallest absolute Gasteiger partial charge is 0.270 e. The summed E-state index contributed by atoms with van der Waals surface area (Å²) in [7, 11) is 0. The molecule has 0 spiro atoms. The highest BCUT2D eigenvalue weighted by Crippen LogP contribution is 2.31. The molecule has 0 saturated carbocycles. The minimum absolute atomic E-state index is 0.166. The largest absolute Gasteiger partial charge is 0.322 e. The summed E-state index contributed by atoms with van der Waals surface area (Å²) in [4.78, 5) is 40.9. The highest BCUT2D eigenvalue weighted by molar-refractivity contribution is 8.00. The summed E-state index contributed by atoms with van der Waals surface area (Å²) in [5.74, 6) is -0.704. The molecule has 188 valence electrons. The number of nitro benzene ring substituents is 1. The molecule has 4 rings (SSSR count). The number of carbonyl (C=O) groups excluding carboxylic acids is 2. The molecule has 0 saturated heterocycles. The van der Waals surface area contributed by atoms with Gasteiger partial charge in [0.1, 0.15) is 0 Å². The lowest BCUT2D eigenvalue weighted by atomic mass is 10.2. The normalized spacial score (nSPS) is 11.5. The van der Waals surface area contributed by atoms with Crippen LogP contribution in [-0.2, 0) is 4.79 Å². The van der Waals surface area contributed by atoms with Crippen LogP contribution in [0.3, 0.4) is 0 Å². The summed E-state index contributed by atoms with van der Waals surface area (Å²) >= 11 is 14.7. The maximum Gasteiger partial charge on any atom is 0.270 e. The Morgan fingerprint density at radius 3 is 2.57 bits per heavy atom. The molecule has 0 aliphatic carbocycles.